The van der Waals surface area contributed by atoms with Crippen molar-refractivity contribution in [3.63, 3.8) is 0 Å². The van der Waals surface area contributed by atoms with Gasteiger partial charge in [0.1, 0.15) is 5.82 Å². The molecule has 0 aromatic heterocycles. The number of amides is 1. The zero-order chi connectivity index (χ0) is 15.5. The predicted molar refractivity (Wildman–Crippen MR) is 88.2 cm³/mol. The lowest BCUT2D eigenvalue weighted by molar-refractivity contribution is -0.118. The first-order valence-corrected chi connectivity index (χ1v) is 7.92. The monoisotopic (exact) mass is 334 g/mol. The molecule has 1 aliphatic rings. The lowest BCUT2D eigenvalue weighted by Gasteiger charge is -2.05. The lowest BCUT2D eigenvalue weighted by Crippen LogP contribution is -2.25. The number of nitrogens with zero attached hydrogens (tertiary/aromatic N) is 1. The zero-order valence-electron chi connectivity index (χ0n) is 11.4. The molecule has 1 atom stereocenters. The van der Waals surface area contributed by atoms with Gasteiger partial charge in [0.2, 0.25) is 5.91 Å². The van der Waals surface area contributed by atoms with Crippen molar-refractivity contribution in [3.8, 4) is 0 Å². The number of nitrogens with one attached hydrogen (secondary N) is 1. The summed E-state index contributed by atoms with van der Waals surface area (Å²) in [6.07, 6.45) is 0.583. The van der Waals surface area contributed by atoms with Gasteiger partial charge in [-0.25, -0.2) is 9.38 Å². The average Bonchev–Trinajstić information content (AvgIpc) is 2.81. The maximum absolute atomic E-state index is 12.9. The van der Waals surface area contributed by atoms with Gasteiger partial charge in [0.05, 0.1) is 10.9 Å². The molecule has 1 unspecified atom stereocenters. The summed E-state index contributed by atoms with van der Waals surface area (Å²) in [5.41, 5.74) is 1.61. The average molecular weight is 335 g/mol. The summed E-state index contributed by atoms with van der Waals surface area (Å²) in [5.74, 6) is -0.392. The third kappa shape index (κ3) is 3.67. The molecule has 3 rings (SSSR count). The zero-order valence-corrected chi connectivity index (χ0v) is 13.0. The molecule has 1 aliphatic heterocycles. The summed E-state index contributed by atoms with van der Waals surface area (Å²) in [7, 11) is 0. The Morgan fingerprint density at radius 2 is 2.00 bits per heavy atom. The Bertz CT molecular complexity index is 733. The number of hydrogen-bond acceptors (Lipinski definition) is 3. The Morgan fingerprint density at radius 1 is 1.23 bits per heavy atom. The standard InChI is InChI=1S/C16H12ClFN2OS/c17-11-3-1-2-10(8-11)9-14-15(21)20-16(22-14)19-13-6-4-12(18)5-7-13/h1-8,14H,9H2,(H,19,20,21). The number of benzene rings is 2. The number of aliphatic imine (C=N–C) groups is 1. The molecule has 1 saturated heterocycles. The highest BCUT2D eigenvalue weighted by Crippen LogP contribution is 2.26. The second-order valence-corrected chi connectivity index (χ2v) is 6.45. The Kier molecular flexibility index (Phi) is 4.45. The number of hydrogen-bond donors (Lipinski definition) is 1. The van der Waals surface area contributed by atoms with Crippen molar-refractivity contribution in [2.24, 2.45) is 4.99 Å². The summed E-state index contributed by atoms with van der Waals surface area (Å²) >= 11 is 7.32. The van der Waals surface area contributed by atoms with Crippen LogP contribution in [0.3, 0.4) is 0 Å². The van der Waals surface area contributed by atoms with Crippen LogP contribution in [0.5, 0.6) is 0 Å². The van der Waals surface area contributed by atoms with Gasteiger partial charge in [-0.05, 0) is 48.4 Å². The Balaban J connectivity index is 1.71. The van der Waals surface area contributed by atoms with Crippen molar-refractivity contribution in [2.75, 3.05) is 0 Å². The maximum Gasteiger partial charge on any atom is 0.239 e. The molecule has 0 bridgehead atoms. The van der Waals surface area contributed by atoms with Gasteiger partial charge in [-0.15, -0.1) is 0 Å². The second-order valence-electron chi connectivity index (χ2n) is 4.82. The molecule has 0 spiro atoms. The molecule has 0 radical (unpaired) electrons. The quantitative estimate of drug-likeness (QED) is 0.923. The fraction of sp³-hybridized carbons (Fsp3) is 0.125. The van der Waals surface area contributed by atoms with E-state index in [1.165, 1.54) is 23.9 Å². The minimum atomic E-state index is -0.314. The Hall–Kier alpha value is -1.85. The van der Waals surface area contributed by atoms with Crippen molar-refractivity contribution in [2.45, 2.75) is 11.7 Å². The summed E-state index contributed by atoms with van der Waals surface area (Å²) in [5, 5.41) is 3.70. The van der Waals surface area contributed by atoms with E-state index in [2.05, 4.69) is 10.3 Å². The molecule has 3 nitrogen and oxygen atoms in total. The number of halogens is 2. The molecule has 1 fully saturated rings. The lowest BCUT2D eigenvalue weighted by atomic mass is 10.1. The van der Waals surface area contributed by atoms with Gasteiger partial charge in [-0.3, -0.25) is 4.79 Å². The number of amidine groups is 1. The van der Waals surface area contributed by atoms with E-state index in [1.807, 2.05) is 18.2 Å². The largest absolute Gasteiger partial charge is 0.304 e. The first-order chi connectivity index (χ1) is 10.6. The molecular weight excluding hydrogens is 323 g/mol. The molecule has 1 N–H and O–H groups in total. The Labute approximate surface area is 136 Å². The van der Waals surface area contributed by atoms with Crippen molar-refractivity contribution >= 4 is 40.1 Å². The van der Waals surface area contributed by atoms with Crippen LogP contribution in [0.25, 0.3) is 0 Å². The van der Waals surface area contributed by atoms with E-state index < -0.39 is 0 Å². The van der Waals surface area contributed by atoms with Crippen LogP contribution >= 0.6 is 23.4 Å². The van der Waals surface area contributed by atoms with Crippen LogP contribution in [-0.4, -0.2) is 16.3 Å². The minimum Gasteiger partial charge on any atom is -0.304 e. The molecule has 1 amide bonds. The molecule has 22 heavy (non-hydrogen) atoms. The summed E-state index contributed by atoms with van der Waals surface area (Å²) < 4.78 is 12.9. The molecule has 112 valence electrons. The predicted octanol–water partition coefficient (Wildman–Crippen LogP) is 3.94. The van der Waals surface area contributed by atoms with E-state index >= 15 is 0 Å². The molecule has 6 heteroatoms. The highest BCUT2D eigenvalue weighted by molar-refractivity contribution is 8.15. The SMILES string of the molecule is O=C1NC(=Nc2ccc(F)cc2)SC1Cc1cccc(Cl)c1. The molecular formula is C16H12ClFN2OS. The van der Waals surface area contributed by atoms with E-state index in [0.717, 1.165) is 5.56 Å². The van der Waals surface area contributed by atoms with Crippen LogP contribution < -0.4 is 5.32 Å². The van der Waals surface area contributed by atoms with E-state index in [9.17, 15) is 9.18 Å². The number of rotatable bonds is 3. The number of carbonyl (C=O) groups excluding carboxylic acids is 1. The van der Waals surface area contributed by atoms with Crippen LogP contribution in [0.2, 0.25) is 5.02 Å². The van der Waals surface area contributed by atoms with E-state index in [4.69, 9.17) is 11.6 Å². The highest BCUT2D eigenvalue weighted by atomic mass is 35.5. The Morgan fingerprint density at radius 3 is 2.73 bits per heavy atom. The summed E-state index contributed by atoms with van der Waals surface area (Å²) in [6.45, 7) is 0. The number of thioether (sulfide) groups is 1. The molecule has 1 heterocycles. The molecule has 0 aliphatic carbocycles. The minimum absolute atomic E-state index is 0.0779. The van der Waals surface area contributed by atoms with Crippen molar-refractivity contribution in [1.82, 2.24) is 5.32 Å². The fourth-order valence-electron chi connectivity index (χ4n) is 2.10. The first-order valence-electron chi connectivity index (χ1n) is 6.66. The van der Waals surface area contributed by atoms with Gasteiger partial charge < -0.3 is 5.32 Å². The molecule has 0 saturated carbocycles. The molecule has 2 aromatic rings. The smallest absolute Gasteiger partial charge is 0.239 e. The van der Waals surface area contributed by atoms with Crippen LogP contribution in [0, 0.1) is 5.82 Å². The van der Waals surface area contributed by atoms with Gasteiger partial charge in [-0.1, -0.05) is 35.5 Å². The van der Waals surface area contributed by atoms with Crippen LogP contribution in [0.4, 0.5) is 10.1 Å². The van der Waals surface area contributed by atoms with Crippen LogP contribution in [-0.2, 0) is 11.2 Å². The molecule has 2 aromatic carbocycles. The van der Waals surface area contributed by atoms with Crippen molar-refractivity contribution < 1.29 is 9.18 Å². The van der Waals surface area contributed by atoms with Gasteiger partial charge in [-0.2, -0.15) is 0 Å². The van der Waals surface area contributed by atoms with E-state index in [-0.39, 0.29) is 17.0 Å². The maximum atomic E-state index is 12.9. The fourth-order valence-corrected chi connectivity index (χ4v) is 3.34. The summed E-state index contributed by atoms with van der Waals surface area (Å²) in [4.78, 5) is 16.3. The van der Waals surface area contributed by atoms with Crippen LogP contribution in [0.15, 0.2) is 53.5 Å². The van der Waals surface area contributed by atoms with Crippen molar-refractivity contribution in [3.05, 3.63) is 64.9 Å². The van der Waals surface area contributed by atoms with Crippen molar-refractivity contribution in [1.29, 1.82) is 0 Å². The second kappa shape index (κ2) is 6.50. The topological polar surface area (TPSA) is 41.5 Å². The van der Waals surface area contributed by atoms with Gasteiger partial charge in [0.25, 0.3) is 0 Å². The van der Waals surface area contributed by atoms with Gasteiger partial charge in [0.15, 0.2) is 5.17 Å². The van der Waals surface area contributed by atoms with Crippen LogP contribution in [0.1, 0.15) is 5.56 Å². The van der Waals surface area contributed by atoms with E-state index in [1.54, 1.807) is 18.2 Å². The van der Waals surface area contributed by atoms with Gasteiger partial charge in [0, 0.05) is 5.02 Å². The van der Waals surface area contributed by atoms with E-state index in [0.29, 0.717) is 22.3 Å². The summed E-state index contributed by atoms with van der Waals surface area (Å²) in [6, 6.07) is 13.3. The first kappa shape index (κ1) is 15.1. The third-order valence-corrected chi connectivity index (χ3v) is 4.46. The number of carbonyl (C=O) groups is 1. The highest BCUT2D eigenvalue weighted by Gasteiger charge is 2.30. The van der Waals surface area contributed by atoms with Gasteiger partial charge >= 0.3 is 0 Å². The normalized spacial score (nSPS) is 19.5. The third-order valence-electron chi connectivity index (χ3n) is 3.14.